The molecular formula is C6H9N3O2S. The van der Waals surface area contributed by atoms with Crippen LogP contribution in [0.15, 0.2) is 4.79 Å². The Balaban J connectivity index is 2.95. The fourth-order valence-electron chi connectivity index (χ4n) is 0.766. The molecule has 0 aliphatic carbocycles. The van der Waals surface area contributed by atoms with E-state index >= 15 is 0 Å². The Morgan fingerprint density at radius 2 is 2.42 bits per heavy atom. The van der Waals surface area contributed by atoms with Crippen molar-refractivity contribution in [1.29, 1.82) is 0 Å². The highest BCUT2D eigenvalue weighted by molar-refractivity contribution is 7.11. The highest BCUT2D eigenvalue weighted by atomic mass is 32.1. The van der Waals surface area contributed by atoms with E-state index in [4.69, 9.17) is 5.73 Å². The number of rotatable bonds is 2. The maximum Gasteiger partial charge on any atom is 0.366 e. The molecule has 1 rings (SSSR count). The minimum atomic E-state index is -0.573. The van der Waals surface area contributed by atoms with Crippen LogP contribution in [0.25, 0.3) is 0 Å². The van der Waals surface area contributed by atoms with Gasteiger partial charge in [-0.2, -0.15) is 8.94 Å². The molecule has 1 heterocycles. The number of nitrogens with two attached hydrogens (primary N) is 1. The quantitative estimate of drug-likeness (QED) is 0.723. The van der Waals surface area contributed by atoms with Crippen LogP contribution in [-0.4, -0.2) is 14.8 Å². The van der Waals surface area contributed by atoms with E-state index in [2.05, 4.69) is 4.98 Å². The van der Waals surface area contributed by atoms with E-state index in [0.29, 0.717) is 12.8 Å². The van der Waals surface area contributed by atoms with Gasteiger partial charge in [0.2, 0.25) is 11.0 Å². The predicted molar refractivity (Wildman–Crippen MR) is 46.3 cm³/mol. The first-order valence-electron chi connectivity index (χ1n) is 3.54. The van der Waals surface area contributed by atoms with Gasteiger partial charge in [0.1, 0.15) is 0 Å². The van der Waals surface area contributed by atoms with Crippen molar-refractivity contribution >= 4 is 22.6 Å². The van der Waals surface area contributed by atoms with Gasteiger partial charge in [-0.25, -0.2) is 4.79 Å². The van der Waals surface area contributed by atoms with E-state index in [9.17, 15) is 9.59 Å². The lowest BCUT2D eigenvalue weighted by Gasteiger charge is -1.93. The lowest BCUT2D eigenvalue weighted by molar-refractivity contribution is 0.0910. The van der Waals surface area contributed by atoms with Gasteiger partial charge in [-0.15, -0.1) is 0 Å². The molecule has 0 aromatic carbocycles. The summed E-state index contributed by atoms with van der Waals surface area (Å²) in [5.74, 6) is -0.239. The first-order valence-corrected chi connectivity index (χ1v) is 4.31. The standard InChI is InChI=1S/C6H9N3O2S/c1-2-3-4(10)9-6(11)8-5(7)12-9/h2-3H2,1H3,(H2,7,8,11). The zero-order valence-electron chi connectivity index (χ0n) is 6.61. The molecule has 12 heavy (non-hydrogen) atoms. The summed E-state index contributed by atoms with van der Waals surface area (Å²) in [5.41, 5.74) is 4.67. The second kappa shape index (κ2) is 3.48. The topological polar surface area (TPSA) is 78.0 Å². The minimum absolute atomic E-state index is 0.129. The molecule has 2 N–H and O–H groups in total. The molecule has 66 valence electrons. The fraction of sp³-hybridized carbons (Fsp3) is 0.500. The van der Waals surface area contributed by atoms with Crippen molar-refractivity contribution in [2.45, 2.75) is 19.8 Å². The summed E-state index contributed by atoms with van der Waals surface area (Å²) in [6.45, 7) is 1.87. The first-order chi connectivity index (χ1) is 5.65. The van der Waals surface area contributed by atoms with Gasteiger partial charge in [-0.1, -0.05) is 6.92 Å². The summed E-state index contributed by atoms with van der Waals surface area (Å²) in [5, 5.41) is 0.129. The van der Waals surface area contributed by atoms with Crippen LogP contribution < -0.4 is 11.4 Å². The zero-order chi connectivity index (χ0) is 9.14. The van der Waals surface area contributed by atoms with Gasteiger partial charge in [0.05, 0.1) is 0 Å². The smallest absolute Gasteiger partial charge is 0.366 e. The van der Waals surface area contributed by atoms with Crippen LogP contribution in [-0.2, 0) is 0 Å². The minimum Gasteiger partial charge on any atom is -0.374 e. The van der Waals surface area contributed by atoms with Crippen LogP contribution in [0.5, 0.6) is 0 Å². The molecule has 0 fully saturated rings. The molecule has 0 radical (unpaired) electrons. The lowest BCUT2D eigenvalue weighted by atomic mass is 10.3. The Morgan fingerprint density at radius 3 is 2.83 bits per heavy atom. The number of carbonyl (C=O) groups excluding carboxylic acids is 1. The van der Waals surface area contributed by atoms with Gasteiger partial charge >= 0.3 is 5.69 Å². The van der Waals surface area contributed by atoms with Crippen LogP contribution in [0.4, 0.5) is 5.13 Å². The Kier molecular flexibility index (Phi) is 2.59. The van der Waals surface area contributed by atoms with Gasteiger partial charge in [0.15, 0.2) is 0 Å². The van der Waals surface area contributed by atoms with Crippen LogP contribution in [0.1, 0.15) is 24.6 Å². The molecule has 0 unspecified atom stereocenters. The third-order valence-electron chi connectivity index (χ3n) is 1.25. The summed E-state index contributed by atoms with van der Waals surface area (Å²) >= 11 is 0.884. The predicted octanol–water partition coefficient (Wildman–Crippen LogP) is 0.327. The lowest BCUT2D eigenvalue weighted by Crippen LogP contribution is -2.21. The average molecular weight is 187 g/mol. The van der Waals surface area contributed by atoms with E-state index in [0.717, 1.165) is 15.5 Å². The van der Waals surface area contributed by atoms with Gasteiger partial charge in [-0.3, -0.25) is 4.79 Å². The highest BCUT2D eigenvalue weighted by Crippen LogP contribution is 2.04. The second-order valence-electron chi connectivity index (χ2n) is 2.26. The molecule has 0 saturated carbocycles. The number of carbonyl (C=O) groups is 1. The number of hydrogen-bond donors (Lipinski definition) is 1. The van der Waals surface area contributed by atoms with Crippen molar-refractivity contribution in [2.75, 3.05) is 5.73 Å². The third kappa shape index (κ3) is 1.70. The third-order valence-corrected chi connectivity index (χ3v) is 2.08. The van der Waals surface area contributed by atoms with Gasteiger partial charge < -0.3 is 5.73 Å². The number of anilines is 1. The molecule has 0 aliphatic heterocycles. The molecular weight excluding hydrogens is 178 g/mol. The summed E-state index contributed by atoms with van der Waals surface area (Å²) in [7, 11) is 0. The van der Waals surface area contributed by atoms with E-state index in [1.54, 1.807) is 0 Å². The van der Waals surface area contributed by atoms with Crippen molar-refractivity contribution in [1.82, 2.24) is 8.94 Å². The fourth-order valence-corrected chi connectivity index (χ4v) is 1.38. The molecule has 6 heteroatoms. The Bertz CT molecular complexity index is 341. The molecule has 1 aromatic heterocycles. The molecule has 5 nitrogen and oxygen atoms in total. The largest absolute Gasteiger partial charge is 0.374 e. The van der Waals surface area contributed by atoms with E-state index in [1.165, 1.54) is 0 Å². The van der Waals surface area contributed by atoms with E-state index in [1.807, 2.05) is 6.92 Å². The van der Waals surface area contributed by atoms with Crippen molar-refractivity contribution in [3.63, 3.8) is 0 Å². The first kappa shape index (κ1) is 8.92. The Morgan fingerprint density at radius 1 is 1.75 bits per heavy atom. The molecule has 0 aliphatic rings. The van der Waals surface area contributed by atoms with Crippen LogP contribution in [0, 0.1) is 0 Å². The molecule has 0 spiro atoms. The van der Waals surface area contributed by atoms with Crippen molar-refractivity contribution in [3.8, 4) is 0 Å². The summed E-state index contributed by atoms with van der Waals surface area (Å²) < 4.78 is 0.985. The maximum absolute atomic E-state index is 11.2. The number of nitrogen functional groups attached to an aromatic ring is 1. The Labute approximate surface area is 73.0 Å². The summed E-state index contributed by atoms with van der Waals surface area (Å²) in [6, 6.07) is 0. The van der Waals surface area contributed by atoms with Crippen molar-refractivity contribution in [2.24, 2.45) is 0 Å². The Hall–Kier alpha value is -1.17. The van der Waals surface area contributed by atoms with E-state index < -0.39 is 5.69 Å². The summed E-state index contributed by atoms with van der Waals surface area (Å²) in [4.78, 5) is 25.5. The normalized spacial score (nSPS) is 10.1. The number of nitrogens with zero attached hydrogens (tertiary/aromatic N) is 2. The SMILES string of the molecule is CCCC(=O)n1sc(N)nc1=O. The molecule has 0 bridgehead atoms. The highest BCUT2D eigenvalue weighted by Gasteiger charge is 2.09. The van der Waals surface area contributed by atoms with Gasteiger partial charge in [0.25, 0.3) is 0 Å². The molecule has 0 amide bonds. The monoisotopic (exact) mass is 187 g/mol. The molecule has 1 aromatic rings. The maximum atomic E-state index is 11.2. The van der Waals surface area contributed by atoms with Gasteiger partial charge in [-0.05, 0) is 18.0 Å². The van der Waals surface area contributed by atoms with E-state index in [-0.39, 0.29) is 11.0 Å². The van der Waals surface area contributed by atoms with Gasteiger partial charge in [0, 0.05) is 6.42 Å². The number of hydrogen-bond acceptors (Lipinski definition) is 5. The molecule has 0 atom stereocenters. The summed E-state index contributed by atoms with van der Waals surface area (Å²) in [6.07, 6.45) is 1.06. The number of aromatic nitrogens is 2. The molecule has 0 saturated heterocycles. The van der Waals surface area contributed by atoms with Crippen molar-refractivity contribution < 1.29 is 4.79 Å². The van der Waals surface area contributed by atoms with Crippen LogP contribution in [0.3, 0.4) is 0 Å². The second-order valence-corrected chi connectivity index (χ2v) is 3.23. The van der Waals surface area contributed by atoms with Crippen molar-refractivity contribution in [3.05, 3.63) is 10.5 Å². The van der Waals surface area contributed by atoms with Crippen LogP contribution in [0.2, 0.25) is 0 Å². The van der Waals surface area contributed by atoms with Crippen LogP contribution >= 0.6 is 11.5 Å². The average Bonchev–Trinajstić information content (AvgIpc) is 2.30. The zero-order valence-corrected chi connectivity index (χ0v) is 7.43.